The predicted octanol–water partition coefficient (Wildman–Crippen LogP) is 4.30. The Morgan fingerprint density at radius 2 is 2.19 bits per heavy atom. The summed E-state index contributed by atoms with van der Waals surface area (Å²) in [6.45, 7) is 8.27. The molecular weight excluding hydrogens is 360 g/mol. The van der Waals surface area contributed by atoms with Crippen molar-refractivity contribution in [1.29, 1.82) is 0 Å². The summed E-state index contributed by atoms with van der Waals surface area (Å²) in [7, 11) is 1.93. The van der Waals surface area contributed by atoms with E-state index in [0.29, 0.717) is 12.6 Å². The van der Waals surface area contributed by atoms with Crippen molar-refractivity contribution in [3.8, 4) is 11.4 Å². The molecule has 146 valence electrons. The maximum Gasteiger partial charge on any atom is 0.235 e. The van der Waals surface area contributed by atoms with Crippen molar-refractivity contribution in [2.45, 2.75) is 68.9 Å². The van der Waals surface area contributed by atoms with Gasteiger partial charge in [-0.3, -0.25) is 9.36 Å². The molecule has 0 N–H and O–H groups in total. The number of carbonyl (C=O) groups is 1. The molecule has 1 aliphatic rings. The maximum absolute atomic E-state index is 12.9. The van der Waals surface area contributed by atoms with Crippen LogP contribution in [0.25, 0.3) is 11.4 Å². The number of aromatic nitrogens is 3. The highest BCUT2D eigenvalue weighted by Crippen LogP contribution is 2.30. The molecule has 0 aromatic carbocycles. The number of aryl methyl sites for hydroxylation is 1. The van der Waals surface area contributed by atoms with E-state index in [1.165, 1.54) is 31.0 Å². The zero-order chi connectivity index (χ0) is 19.4. The lowest BCUT2D eigenvalue weighted by atomic mass is 9.94. The Kier molecular flexibility index (Phi) is 6.42. The first kappa shape index (κ1) is 19.7. The monoisotopic (exact) mass is 388 g/mol. The van der Waals surface area contributed by atoms with Crippen LogP contribution in [0.15, 0.2) is 34.6 Å². The summed E-state index contributed by atoms with van der Waals surface area (Å²) in [4.78, 5) is 14.9. The molecule has 3 rings (SSSR count). The van der Waals surface area contributed by atoms with Crippen LogP contribution in [0.2, 0.25) is 0 Å². The number of thioether (sulfide) groups is 1. The third-order valence-corrected chi connectivity index (χ3v) is 6.30. The van der Waals surface area contributed by atoms with E-state index in [4.69, 9.17) is 4.42 Å². The fourth-order valence-electron chi connectivity index (χ4n) is 3.63. The highest BCUT2D eigenvalue weighted by molar-refractivity contribution is 8.00. The fraction of sp³-hybridized carbons (Fsp3) is 0.550. The molecule has 0 aliphatic heterocycles. The fourth-order valence-corrected chi connectivity index (χ4v) is 4.59. The van der Waals surface area contributed by atoms with Crippen molar-refractivity contribution in [2.75, 3.05) is 7.05 Å². The van der Waals surface area contributed by atoms with E-state index in [0.717, 1.165) is 35.1 Å². The first-order valence-electron chi connectivity index (χ1n) is 9.54. The largest absolute Gasteiger partial charge is 0.469 e. The topological polar surface area (TPSA) is 64.2 Å². The van der Waals surface area contributed by atoms with Crippen LogP contribution in [-0.2, 0) is 11.3 Å². The molecule has 1 amide bonds. The van der Waals surface area contributed by atoms with Crippen molar-refractivity contribution in [3.63, 3.8) is 0 Å². The summed E-state index contributed by atoms with van der Waals surface area (Å²) in [6, 6.07) is 2.25. The van der Waals surface area contributed by atoms with Gasteiger partial charge in [-0.05, 0) is 32.8 Å². The normalized spacial score (nSPS) is 16.3. The Morgan fingerprint density at radius 3 is 2.81 bits per heavy atom. The van der Waals surface area contributed by atoms with Crippen molar-refractivity contribution in [3.05, 3.63) is 30.7 Å². The molecule has 6 nitrogen and oxygen atoms in total. The number of hydrogen-bond acceptors (Lipinski definition) is 5. The molecule has 2 aromatic rings. The van der Waals surface area contributed by atoms with E-state index in [1.54, 1.807) is 6.26 Å². The molecule has 0 radical (unpaired) electrons. The molecule has 0 saturated heterocycles. The van der Waals surface area contributed by atoms with Gasteiger partial charge in [-0.1, -0.05) is 37.1 Å². The van der Waals surface area contributed by atoms with Gasteiger partial charge in [0.2, 0.25) is 5.91 Å². The van der Waals surface area contributed by atoms with Gasteiger partial charge in [-0.2, -0.15) is 0 Å². The van der Waals surface area contributed by atoms with Gasteiger partial charge in [0, 0.05) is 19.6 Å². The second kappa shape index (κ2) is 8.78. The lowest BCUT2D eigenvalue weighted by Gasteiger charge is -2.32. The van der Waals surface area contributed by atoms with Crippen LogP contribution in [0, 0.1) is 6.92 Å². The van der Waals surface area contributed by atoms with Crippen LogP contribution in [0.3, 0.4) is 0 Å². The van der Waals surface area contributed by atoms with Crippen LogP contribution < -0.4 is 0 Å². The number of hydrogen-bond donors (Lipinski definition) is 0. The summed E-state index contributed by atoms with van der Waals surface area (Å²) in [6.07, 6.45) is 9.38. The van der Waals surface area contributed by atoms with Crippen molar-refractivity contribution in [2.24, 2.45) is 0 Å². The second-order valence-corrected chi connectivity index (χ2v) is 8.40. The molecule has 0 bridgehead atoms. The Balaban J connectivity index is 1.76. The summed E-state index contributed by atoms with van der Waals surface area (Å²) in [5.41, 5.74) is 0.912. The molecule has 1 atom stereocenters. The lowest BCUT2D eigenvalue weighted by Crippen LogP contribution is -2.42. The minimum Gasteiger partial charge on any atom is -0.469 e. The smallest absolute Gasteiger partial charge is 0.235 e. The minimum atomic E-state index is -0.219. The van der Waals surface area contributed by atoms with Gasteiger partial charge >= 0.3 is 0 Å². The Bertz CT molecular complexity index is 792. The molecule has 2 aromatic heterocycles. The molecule has 0 spiro atoms. The van der Waals surface area contributed by atoms with Gasteiger partial charge in [0.25, 0.3) is 0 Å². The Labute approximate surface area is 165 Å². The van der Waals surface area contributed by atoms with Crippen LogP contribution in [0.1, 0.15) is 44.8 Å². The molecule has 1 saturated carbocycles. The molecule has 1 aliphatic carbocycles. The van der Waals surface area contributed by atoms with Gasteiger partial charge in [0.15, 0.2) is 11.0 Å². The number of nitrogens with zero attached hydrogens (tertiary/aromatic N) is 4. The van der Waals surface area contributed by atoms with Gasteiger partial charge in [-0.15, -0.1) is 16.8 Å². The van der Waals surface area contributed by atoms with E-state index >= 15 is 0 Å². The number of furan rings is 1. The minimum absolute atomic E-state index is 0.154. The van der Waals surface area contributed by atoms with Crippen molar-refractivity contribution >= 4 is 17.7 Å². The zero-order valence-corrected chi connectivity index (χ0v) is 17.2. The highest BCUT2D eigenvalue weighted by Gasteiger charge is 2.28. The standard InChI is InChI=1S/C20H28N4O2S/c1-5-12-24-18(17-11-13-26-14(17)2)21-22-20(24)27-15(3)19(25)23(4)16-9-7-6-8-10-16/h5,11,13,15-16H,1,6-10,12H2,2-4H3. The molecule has 1 fully saturated rings. The van der Waals surface area contributed by atoms with E-state index in [9.17, 15) is 4.79 Å². The van der Waals surface area contributed by atoms with E-state index < -0.39 is 0 Å². The van der Waals surface area contributed by atoms with Gasteiger partial charge in [0.05, 0.1) is 17.1 Å². The number of rotatable bonds is 7. The maximum atomic E-state index is 12.9. The molecule has 27 heavy (non-hydrogen) atoms. The zero-order valence-electron chi connectivity index (χ0n) is 16.4. The molecular formula is C20H28N4O2S. The van der Waals surface area contributed by atoms with Crippen LogP contribution >= 0.6 is 11.8 Å². The number of allylic oxidation sites excluding steroid dienone is 1. The van der Waals surface area contributed by atoms with Crippen LogP contribution in [-0.4, -0.2) is 43.9 Å². The molecule has 7 heteroatoms. The third kappa shape index (κ3) is 4.29. The second-order valence-electron chi connectivity index (χ2n) is 7.10. The van der Waals surface area contributed by atoms with E-state index in [-0.39, 0.29) is 11.2 Å². The predicted molar refractivity (Wildman–Crippen MR) is 108 cm³/mol. The molecule has 1 unspecified atom stereocenters. The first-order valence-corrected chi connectivity index (χ1v) is 10.4. The van der Waals surface area contributed by atoms with E-state index in [2.05, 4.69) is 16.8 Å². The average molecular weight is 389 g/mol. The summed E-state index contributed by atoms with van der Waals surface area (Å²) >= 11 is 1.45. The first-order chi connectivity index (χ1) is 13.0. The SMILES string of the molecule is C=CCn1c(SC(C)C(=O)N(C)C2CCCCC2)nnc1-c1ccoc1C. The van der Waals surface area contributed by atoms with Crippen molar-refractivity contribution in [1.82, 2.24) is 19.7 Å². The Morgan fingerprint density at radius 1 is 1.44 bits per heavy atom. The van der Waals surface area contributed by atoms with Gasteiger partial charge in [0.1, 0.15) is 5.76 Å². The quantitative estimate of drug-likeness (QED) is 0.522. The molecule has 2 heterocycles. The van der Waals surface area contributed by atoms with Crippen LogP contribution in [0.4, 0.5) is 0 Å². The van der Waals surface area contributed by atoms with Crippen LogP contribution in [0.5, 0.6) is 0 Å². The van der Waals surface area contributed by atoms with Gasteiger partial charge in [-0.25, -0.2) is 0 Å². The summed E-state index contributed by atoms with van der Waals surface area (Å²) in [5.74, 6) is 1.69. The van der Waals surface area contributed by atoms with Crippen molar-refractivity contribution < 1.29 is 9.21 Å². The number of carbonyl (C=O) groups excluding carboxylic acids is 1. The third-order valence-electron chi connectivity index (χ3n) is 5.23. The summed E-state index contributed by atoms with van der Waals surface area (Å²) in [5, 5.41) is 9.19. The highest BCUT2D eigenvalue weighted by atomic mass is 32.2. The Hall–Kier alpha value is -2.02. The number of amides is 1. The van der Waals surface area contributed by atoms with Gasteiger partial charge < -0.3 is 9.32 Å². The average Bonchev–Trinajstić information content (AvgIpc) is 3.27. The van der Waals surface area contributed by atoms with E-state index in [1.807, 2.05) is 42.5 Å². The lowest BCUT2D eigenvalue weighted by molar-refractivity contribution is -0.131. The summed E-state index contributed by atoms with van der Waals surface area (Å²) < 4.78 is 7.39.